The van der Waals surface area contributed by atoms with Gasteiger partial charge >= 0.3 is 0 Å². The van der Waals surface area contributed by atoms with Crippen LogP contribution in [-0.2, 0) is 6.42 Å². The Balaban J connectivity index is 1.38. The average Bonchev–Trinajstić information content (AvgIpc) is 3.19. The molecule has 138 valence electrons. The molecular weight excluding hydrogens is 330 g/mol. The number of aromatic amines is 1. The number of hydrogen-bond donors (Lipinski definition) is 2. The first kappa shape index (κ1) is 18.0. The number of nitrogens with zero attached hydrogens (tertiary/aromatic N) is 3. The number of rotatable bonds is 8. The molecule has 0 spiro atoms. The number of aromatic nitrogens is 4. The Labute approximate surface area is 153 Å². The van der Waals surface area contributed by atoms with Gasteiger partial charge in [0.05, 0.1) is 12.6 Å². The molecule has 1 aromatic heterocycles. The topological polar surface area (TPSA) is 85.0 Å². The summed E-state index contributed by atoms with van der Waals surface area (Å²) in [6.07, 6.45) is 5.70. The van der Waals surface area contributed by atoms with Crippen LogP contribution in [0.4, 0.5) is 0 Å². The molecule has 1 aromatic carbocycles. The van der Waals surface area contributed by atoms with E-state index in [1.54, 1.807) is 0 Å². The van der Waals surface area contributed by atoms with Crippen LogP contribution in [0.1, 0.15) is 32.0 Å². The zero-order chi connectivity index (χ0) is 18.2. The SMILES string of the molecule is C=C1CCC(COc2ccc(OCCCc3nn[nH]n3)cc2)N/C1=C/C. The molecule has 0 aliphatic carbocycles. The first-order chi connectivity index (χ1) is 12.7. The number of ether oxygens (including phenoxy) is 2. The minimum atomic E-state index is 0.313. The molecule has 1 aliphatic heterocycles. The molecule has 2 N–H and O–H groups in total. The summed E-state index contributed by atoms with van der Waals surface area (Å²) in [5.74, 6) is 2.38. The lowest BCUT2D eigenvalue weighted by Gasteiger charge is -2.28. The summed E-state index contributed by atoms with van der Waals surface area (Å²) in [6, 6.07) is 8.04. The van der Waals surface area contributed by atoms with Crippen molar-refractivity contribution in [3.63, 3.8) is 0 Å². The predicted molar refractivity (Wildman–Crippen MR) is 99.0 cm³/mol. The van der Waals surface area contributed by atoms with Gasteiger partial charge in [-0.1, -0.05) is 17.9 Å². The van der Waals surface area contributed by atoms with E-state index in [0.717, 1.165) is 42.9 Å². The van der Waals surface area contributed by atoms with E-state index in [1.165, 1.54) is 5.57 Å². The molecule has 3 rings (SSSR count). The maximum absolute atomic E-state index is 5.90. The van der Waals surface area contributed by atoms with Crippen molar-refractivity contribution in [1.82, 2.24) is 25.9 Å². The van der Waals surface area contributed by atoms with Crippen molar-refractivity contribution in [2.24, 2.45) is 0 Å². The van der Waals surface area contributed by atoms with E-state index in [4.69, 9.17) is 9.47 Å². The number of nitrogens with one attached hydrogen (secondary N) is 2. The number of allylic oxidation sites excluding steroid dienone is 2. The lowest BCUT2D eigenvalue weighted by molar-refractivity contribution is 0.258. The maximum Gasteiger partial charge on any atom is 0.174 e. The van der Waals surface area contributed by atoms with Gasteiger partial charge in [0.25, 0.3) is 0 Å². The minimum absolute atomic E-state index is 0.313. The van der Waals surface area contributed by atoms with Crippen molar-refractivity contribution < 1.29 is 9.47 Å². The summed E-state index contributed by atoms with van der Waals surface area (Å²) in [4.78, 5) is 0. The van der Waals surface area contributed by atoms with Gasteiger partial charge in [-0.25, -0.2) is 0 Å². The van der Waals surface area contributed by atoms with E-state index in [0.29, 0.717) is 25.1 Å². The summed E-state index contributed by atoms with van der Waals surface area (Å²) in [6.45, 7) is 7.34. The van der Waals surface area contributed by atoms with Crippen LogP contribution in [0.2, 0.25) is 0 Å². The Hall–Kier alpha value is -2.83. The van der Waals surface area contributed by atoms with Crippen LogP contribution in [-0.4, -0.2) is 39.9 Å². The van der Waals surface area contributed by atoms with E-state index in [-0.39, 0.29) is 0 Å². The molecule has 1 unspecified atom stereocenters. The third-order valence-corrected chi connectivity index (χ3v) is 4.30. The second kappa shape index (κ2) is 9.03. The van der Waals surface area contributed by atoms with Crippen molar-refractivity contribution in [3.05, 3.63) is 54.0 Å². The van der Waals surface area contributed by atoms with Crippen molar-refractivity contribution in [2.75, 3.05) is 13.2 Å². The van der Waals surface area contributed by atoms with Gasteiger partial charge in [0.15, 0.2) is 5.82 Å². The Bertz CT molecular complexity index is 725. The smallest absolute Gasteiger partial charge is 0.174 e. The molecule has 1 saturated heterocycles. The fourth-order valence-corrected chi connectivity index (χ4v) is 2.83. The van der Waals surface area contributed by atoms with Gasteiger partial charge < -0.3 is 14.8 Å². The molecule has 0 bridgehead atoms. The molecule has 0 radical (unpaired) electrons. The molecule has 7 heteroatoms. The average molecular weight is 355 g/mol. The summed E-state index contributed by atoms with van der Waals surface area (Å²) in [5.41, 5.74) is 2.30. The number of benzene rings is 1. The number of aryl methyl sites for hydroxylation is 1. The Morgan fingerprint density at radius 2 is 2.00 bits per heavy atom. The highest BCUT2D eigenvalue weighted by atomic mass is 16.5. The Morgan fingerprint density at radius 3 is 2.69 bits per heavy atom. The van der Waals surface area contributed by atoms with Crippen LogP contribution in [0, 0.1) is 0 Å². The van der Waals surface area contributed by atoms with Gasteiger partial charge in [0, 0.05) is 12.1 Å². The molecule has 26 heavy (non-hydrogen) atoms. The summed E-state index contributed by atoms with van der Waals surface area (Å²) < 4.78 is 11.6. The monoisotopic (exact) mass is 355 g/mol. The number of H-pyrrole nitrogens is 1. The van der Waals surface area contributed by atoms with Crippen molar-refractivity contribution >= 4 is 0 Å². The zero-order valence-corrected chi connectivity index (χ0v) is 15.1. The van der Waals surface area contributed by atoms with Crippen LogP contribution < -0.4 is 14.8 Å². The first-order valence-corrected chi connectivity index (χ1v) is 8.93. The van der Waals surface area contributed by atoms with Crippen molar-refractivity contribution in [2.45, 2.75) is 38.6 Å². The molecule has 1 aliphatic rings. The summed E-state index contributed by atoms with van der Waals surface area (Å²) in [5, 5.41) is 17.3. The molecule has 7 nitrogen and oxygen atoms in total. The number of tetrazole rings is 1. The third kappa shape index (κ3) is 5.08. The van der Waals surface area contributed by atoms with Crippen molar-refractivity contribution in [3.8, 4) is 11.5 Å². The van der Waals surface area contributed by atoms with Crippen LogP contribution in [0.25, 0.3) is 0 Å². The molecule has 0 saturated carbocycles. The van der Waals surface area contributed by atoms with Gasteiger partial charge in [0.1, 0.15) is 18.1 Å². The highest BCUT2D eigenvalue weighted by molar-refractivity contribution is 5.32. The second-order valence-corrected chi connectivity index (χ2v) is 6.25. The molecular formula is C19H25N5O2. The fraction of sp³-hybridized carbons (Fsp3) is 0.421. The molecule has 1 atom stereocenters. The van der Waals surface area contributed by atoms with E-state index in [2.05, 4.69) is 38.6 Å². The fourth-order valence-electron chi connectivity index (χ4n) is 2.83. The predicted octanol–water partition coefficient (Wildman–Crippen LogP) is 2.80. The molecule has 1 fully saturated rings. The van der Waals surface area contributed by atoms with E-state index >= 15 is 0 Å². The number of piperidine rings is 1. The van der Waals surface area contributed by atoms with E-state index in [9.17, 15) is 0 Å². The quantitative estimate of drug-likeness (QED) is 0.708. The molecule has 2 aromatic rings. The first-order valence-electron chi connectivity index (χ1n) is 8.93. The van der Waals surface area contributed by atoms with Gasteiger partial charge in [0.2, 0.25) is 0 Å². The summed E-state index contributed by atoms with van der Waals surface area (Å²) >= 11 is 0. The number of hydrogen-bond acceptors (Lipinski definition) is 6. The maximum atomic E-state index is 5.90. The molecule has 0 amide bonds. The zero-order valence-electron chi connectivity index (χ0n) is 15.1. The Kier molecular flexibility index (Phi) is 6.24. The lowest BCUT2D eigenvalue weighted by Crippen LogP contribution is -2.38. The van der Waals surface area contributed by atoms with Gasteiger partial charge in [-0.2, -0.15) is 5.21 Å². The van der Waals surface area contributed by atoms with Crippen LogP contribution in [0.15, 0.2) is 48.2 Å². The standard InChI is InChI=1S/C19H25N5O2/c1-3-18-14(2)6-7-15(20-18)13-26-17-10-8-16(9-11-17)25-12-4-5-19-21-23-24-22-19/h3,8-11,15,20H,2,4-7,12-13H2,1H3,(H,21,22,23,24)/b18-3+. The van der Waals surface area contributed by atoms with E-state index in [1.807, 2.05) is 31.2 Å². The van der Waals surface area contributed by atoms with Crippen LogP contribution >= 0.6 is 0 Å². The molecule has 2 heterocycles. The van der Waals surface area contributed by atoms with Gasteiger partial charge in [-0.05, 0) is 56.0 Å². The van der Waals surface area contributed by atoms with E-state index < -0.39 is 0 Å². The van der Waals surface area contributed by atoms with Crippen molar-refractivity contribution in [1.29, 1.82) is 0 Å². The minimum Gasteiger partial charge on any atom is -0.494 e. The largest absolute Gasteiger partial charge is 0.494 e. The highest BCUT2D eigenvalue weighted by Crippen LogP contribution is 2.22. The van der Waals surface area contributed by atoms with Crippen LogP contribution in [0.3, 0.4) is 0 Å². The normalized spacial score (nSPS) is 18.6. The van der Waals surface area contributed by atoms with Gasteiger partial charge in [-0.15, -0.1) is 10.2 Å². The summed E-state index contributed by atoms with van der Waals surface area (Å²) in [7, 11) is 0. The Morgan fingerprint density at radius 1 is 1.23 bits per heavy atom. The van der Waals surface area contributed by atoms with Crippen LogP contribution in [0.5, 0.6) is 11.5 Å². The third-order valence-electron chi connectivity index (χ3n) is 4.30. The highest BCUT2D eigenvalue weighted by Gasteiger charge is 2.18. The lowest BCUT2D eigenvalue weighted by atomic mass is 9.98. The van der Waals surface area contributed by atoms with Gasteiger partial charge in [-0.3, -0.25) is 0 Å². The second-order valence-electron chi connectivity index (χ2n) is 6.25.